The number of amides is 2. The van der Waals surface area contributed by atoms with E-state index in [9.17, 15) is 9.59 Å². The van der Waals surface area contributed by atoms with Crippen LogP contribution in [0.2, 0.25) is 0 Å². The second-order valence-corrected chi connectivity index (χ2v) is 6.41. The Kier molecular flexibility index (Phi) is 5.77. The smallest absolute Gasteiger partial charge is 0.253 e. The highest BCUT2D eigenvalue weighted by Gasteiger charge is 2.18. The molecular formula is C20H23N3O2. The molecule has 5 heteroatoms. The van der Waals surface area contributed by atoms with Crippen LogP contribution < -0.4 is 10.6 Å². The second kappa shape index (κ2) is 8.42. The van der Waals surface area contributed by atoms with Crippen molar-refractivity contribution in [1.82, 2.24) is 15.6 Å². The number of hydrogen-bond acceptors (Lipinski definition) is 3. The lowest BCUT2D eigenvalue weighted by molar-refractivity contribution is 0.0937. The van der Waals surface area contributed by atoms with Crippen LogP contribution in [0.3, 0.4) is 0 Å². The predicted octanol–water partition coefficient (Wildman–Crippen LogP) is 2.73. The molecule has 1 aromatic heterocycles. The summed E-state index contributed by atoms with van der Waals surface area (Å²) in [4.78, 5) is 28.6. The lowest BCUT2D eigenvalue weighted by Crippen LogP contribution is -2.33. The van der Waals surface area contributed by atoms with Crippen molar-refractivity contribution in [2.45, 2.75) is 38.1 Å². The number of rotatable bonds is 6. The van der Waals surface area contributed by atoms with E-state index in [2.05, 4.69) is 15.6 Å². The van der Waals surface area contributed by atoms with Crippen molar-refractivity contribution in [2.75, 3.05) is 6.54 Å². The van der Waals surface area contributed by atoms with Crippen molar-refractivity contribution in [3.8, 4) is 0 Å². The van der Waals surface area contributed by atoms with Crippen molar-refractivity contribution in [1.29, 1.82) is 0 Å². The highest BCUT2D eigenvalue weighted by atomic mass is 16.2. The molecule has 0 bridgehead atoms. The monoisotopic (exact) mass is 337 g/mol. The molecule has 1 aliphatic rings. The van der Waals surface area contributed by atoms with Crippen molar-refractivity contribution in [3.05, 3.63) is 65.5 Å². The van der Waals surface area contributed by atoms with E-state index in [0.717, 1.165) is 32.1 Å². The fraction of sp³-hybridized carbons (Fsp3) is 0.350. The summed E-state index contributed by atoms with van der Waals surface area (Å²) in [5, 5.41) is 5.89. The SMILES string of the molecule is O=C(NCCc1ccccc1)c1cncc(C(=O)NC2CCCC2)c1. The number of benzene rings is 1. The largest absolute Gasteiger partial charge is 0.352 e. The number of carbonyl (C=O) groups excluding carboxylic acids is 2. The van der Waals surface area contributed by atoms with E-state index in [4.69, 9.17) is 0 Å². The molecule has 0 unspecified atom stereocenters. The van der Waals surface area contributed by atoms with Gasteiger partial charge < -0.3 is 10.6 Å². The summed E-state index contributed by atoms with van der Waals surface area (Å²) in [6.07, 6.45) is 8.13. The lowest BCUT2D eigenvalue weighted by Gasteiger charge is -2.12. The third kappa shape index (κ3) is 4.89. The van der Waals surface area contributed by atoms with E-state index in [1.165, 1.54) is 18.0 Å². The summed E-state index contributed by atoms with van der Waals surface area (Å²) in [6, 6.07) is 11.8. The molecule has 130 valence electrons. The minimum Gasteiger partial charge on any atom is -0.352 e. The number of carbonyl (C=O) groups is 2. The van der Waals surface area contributed by atoms with Gasteiger partial charge in [0, 0.05) is 25.0 Å². The molecule has 1 saturated carbocycles. The van der Waals surface area contributed by atoms with Crippen molar-refractivity contribution in [3.63, 3.8) is 0 Å². The first-order valence-electron chi connectivity index (χ1n) is 8.80. The van der Waals surface area contributed by atoms with E-state index < -0.39 is 0 Å². The number of pyridine rings is 1. The maximum absolute atomic E-state index is 12.3. The van der Waals surface area contributed by atoms with Crippen molar-refractivity contribution in [2.24, 2.45) is 0 Å². The standard InChI is InChI=1S/C20H23N3O2/c24-19(22-11-10-15-6-2-1-3-7-15)16-12-17(14-21-13-16)20(25)23-18-8-4-5-9-18/h1-3,6-7,12-14,18H,4-5,8-11H2,(H,22,24)(H,23,25). The van der Waals surface area contributed by atoms with Crippen LogP contribution in [0.15, 0.2) is 48.8 Å². The minimum absolute atomic E-state index is 0.154. The molecule has 2 amide bonds. The Morgan fingerprint density at radius 1 is 1.00 bits per heavy atom. The number of aromatic nitrogens is 1. The molecule has 3 rings (SSSR count). The summed E-state index contributed by atoms with van der Waals surface area (Å²) in [5.41, 5.74) is 2.01. The summed E-state index contributed by atoms with van der Waals surface area (Å²) in [5.74, 6) is -0.364. The van der Waals surface area contributed by atoms with Crippen LogP contribution in [0.25, 0.3) is 0 Å². The van der Waals surface area contributed by atoms with Crippen molar-refractivity contribution < 1.29 is 9.59 Å². The van der Waals surface area contributed by atoms with Crippen LogP contribution >= 0.6 is 0 Å². The van der Waals surface area contributed by atoms with Crippen LogP contribution in [-0.4, -0.2) is 29.4 Å². The van der Waals surface area contributed by atoms with Gasteiger partial charge in [0.1, 0.15) is 0 Å². The van der Waals surface area contributed by atoms with Crippen molar-refractivity contribution >= 4 is 11.8 Å². The third-order valence-electron chi connectivity index (χ3n) is 4.50. The summed E-state index contributed by atoms with van der Waals surface area (Å²) in [7, 11) is 0. The van der Waals surface area contributed by atoms with Gasteiger partial charge in [-0.1, -0.05) is 43.2 Å². The predicted molar refractivity (Wildman–Crippen MR) is 96.4 cm³/mol. The Morgan fingerprint density at radius 3 is 2.40 bits per heavy atom. The molecule has 1 fully saturated rings. The molecule has 1 aliphatic carbocycles. The quantitative estimate of drug-likeness (QED) is 0.851. The topological polar surface area (TPSA) is 71.1 Å². The number of hydrogen-bond donors (Lipinski definition) is 2. The van der Waals surface area contributed by atoms with Crippen LogP contribution in [-0.2, 0) is 6.42 Å². The van der Waals surface area contributed by atoms with Crippen LogP contribution in [0, 0.1) is 0 Å². The highest BCUT2D eigenvalue weighted by molar-refractivity contribution is 5.99. The van der Waals surface area contributed by atoms with Gasteiger partial charge in [-0.15, -0.1) is 0 Å². The van der Waals surface area contributed by atoms with Gasteiger partial charge in [-0.2, -0.15) is 0 Å². The molecular weight excluding hydrogens is 314 g/mol. The average molecular weight is 337 g/mol. The number of nitrogens with one attached hydrogen (secondary N) is 2. The van der Waals surface area contributed by atoms with E-state index in [-0.39, 0.29) is 17.9 Å². The third-order valence-corrected chi connectivity index (χ3v) is 4.50. The number of nitrogens with zero attached hydrogens (tertiary/aromatic N) is 1. The Balaban J connectivity index is 1.54. The lowest BCUT2D eigenvalue weighted by atomic mass is 10.1. The summed E-state index contributed by atoms with van der Waals surface area (Å²) >= 11 is 0. The van der Waals surface area contributed by atoms with Crippen LogP contribution in [0.5, 0.6) is 0 Å². The van der Waals surface area contributed by atoms with Crippen LogP contribution in [0.4, 0.5) is 0 Å². The molecule has 1 heterocycles. The molecule has 0 atom stereocenters. The molecule has 0 radical (unpaired) electrons. The first-order chi connectivity index (χ1) is 12.2. The first kappa shape index (κ1) is 17.1. The Morgan fingerprint density at radius 2 is 1.68 bits per heavy atom. The van der Waals surface area contributed by atoms with E-state index >= 15 is 0 Å². The van der Waals surface area contributed by atoms with E-state index in [1.807, 2.05) is 30.3 Å². The molecule has 0 aliphatic heterocycles. The van der Waals surface area contributed by atoms with Gasteiger partial charge in [0.05, 0.1) is 11.1 Å². The second-order valence-electron chi connectivity index (χ2n) is 6.41. The van der Waals surface area contributed by atoms with Gasteiger partial charge in [-0.05, 0) is 30.9 Å². The zero-order valence-corrected chi connectivity index (χ0v) is 14.2. The Labute approximate surface area is 147 Å². The zero-order chi connectivity index (χ0) is 17.5. The minimum atomic E-state index is -0.209. The summed E-state index contributed by atoms with van der Waals surface area (Å²) < 4.78 is 0. The van der Waals surface area contributed by atoms with E-state index in [1.54, 1.807) is 6.07 Å². The molecule has 1 aromatic carbocycles. The van der Waals surface area contributed by atoms with Gasteiger partial charge in [-0.25, -0.2) is 0 Å². The van der Waals surface area contributed by atoms with E-state index in [0.29, 0.717) is 17.7 Å². The molecule has 0 saturated heterocycles. The van der Waals surface area contributed by atoms with Gasteiger partial charge in [-0.3, -0.25) is 14.6 Å². The fourth-order valence-electron chi connectivity index (χ4n) is 3.09. The molecule has 2 aromatic rings. The van der Waals surface area contributed by atoms with Gasteiger partial charge in [0.25, 0.3) is 11.8 Å². The average Bonchev–Trinajstić information content (AvgIpc) is 3.15. The Hall–Kier alpha value is -2.69. The first-order valence-corrected chi connectivity index (χ1v) is 8.80. The molecule has 5 nitrogen and oxygen atoms in total. The van der Waals surface area contributed by atoms with Gasteiger partial charge in [0.15, 0.2) is 0 Å². The molecule has 25 heavy (non-hydrogen) atoms. The molecule has 0 spiro atoms. The van der Waals surface area contributed by atoms with Gasteiger partial charge >= 0.3 is 0 Å². The Bertz CT molecular complexity index is 725. The van der Waals surface area contributed by atoms with Gasteiger partial charge in [0.2, 0.25) is 0 Å². The summed E-state index contributed by atoms with van der Waals surface area (Å²) in [6.45, 7) is 0.543. The zero-order valence-electron chi connectivity index (χ0n) is 14.2. The molecule has 2 N–H and O–H groups in total. The normalized spacial score (nSPS) is 14.2. The maximum atomic E-state index is 12.3. The highest BCUT2D eigenvalue weighted by Crippen LogP contribution is 2.18. The fourth-order valence-corrected chi connectivity index (χ4v) is 3.09. The maximum Gasteiger partial charge on any atom is 0.253 e. The van der Waals surface area contributed by atoms with Crippen LogP contribution in [0.1, 0.15) is 52.0 Å².